The molecule has 2 heterocycles. The first-order chi connectivity index (χ1) is 12.6. The summed E-state index contributed by atoms with van der Waals surface area (Å²) in [5.41, 5.74) is 6.39. The number of primary amides is 1. The highest BCUT2D eigenvalue weighted by Crippen LogP contribution is 2.25. The Hall–Kier alpha value is -2.67. The molecule has 0 saturated carbocycles. The number of imidazole rings is 1. The van der Waals surface area contributed by atoms with Gasteiger partial charge in [0, 0.05) is 31.4 Å². The number of benzene rings is 1. The molecular formula is C19H25N5O2. The van der Waals surface area contributed by atoms with Gasteiger partial charge in [-0.05, 0) is 24.9 Å². The van der Waals surface area contributed by atoms with Crippen LogP contribution in [0, 0.1) is 0 Å². The molecule has 1 aliphatic rings. The second-order valence-electron chi connectivity index (χ2n) is 6.72. The first-order valence-electron chi connectivity index (χ1n) is 8.94. The normalized spacial score (nSPS) is 17.8. The maximum atomic E-state index is 12.3. The molecule has 7 nitrogen and oxygen atoms in total. The number of likely N-dealkylation sites (tertiary alicyclic amines) is 1. The molecule has 0 spiro atoms. The minimum Gasteiger partial charge on any atom is -0.368 e. The predicted octanol–water partition coefficient (Wildman–Crippen LogP) is 0.864. The molecule has 2 amide bonds. The number of rotatable bonds is 7. The van der Waals surface area contributed by atoms with Crippen molar-refractivity contribution >= 4 is 11.8 Å². The molecular weight excluding hydrogens is 330 g/mol. The molecule has 1 unspecified atom stereocenters. The fourth-order valence-electron chi connectivity index (χ4n) is 3.45. The van der Waals surface area contributed by atoms with E-state index in [2.05, 4.69) is 15.2 Å². The third-order valence-electron chi connectivity index (χ3n) is 4.64. The molecule has 1 aliphatic heterocycles. The van der Waals surface area contributed by atoms with Crippen LogP contribution in [0.5, 0.6) is 0 Å². The molecule has 0 radical (unpaired) electrons. The van der Waals surface area contributed by atoms with Crippen molar-refractivity contribution in [2.75, 3.05) is 19.6 Å². The van der Waals surface area contributed by atoms with E-state index in [1.165, 1.54) is 0 Å². The lowest BCUT2D eigenvalue weighted by atomic mass is 9.97. The zero-order valence-corrected chi connectivity index (χ0v) is 14.8. The lowest BCUT2D eigenvalue weighted by Crippen LogP contribution is -2.42. The van der Waals surface area contributed by atoms with Gasteiger partial charge in [0.15, 0.2) is 0 Å². The van der Waals surface area contributed by atoms with Gasteiger partial charge in [-0.1, -0.05) is 30.3 Å². The van der Waals surface area contributed by atoms with Crippen LogP contribution in [0.1, 0.15) is 30.1 Å². The molecule has 0 bridgehead atoms. The fourth-order valence-corrected chi connectivity index (χ4v) is 3.45. The van der Waals surface area contributed by atoms with Crippen molar-refractivity contribution in [3.05, 3.63) is 54.1 Å². The van der Waals surface area contributed by atoms with E-state index in [1.54, 1.807) is 12.4 Å². The summed E-state index contributed by atoms with van der Waals surface area (Å²) in [5.74, 6) is 0.727. The number of carbonyl (C=O) groups excluding carboxylic acids is 2. The van der Waals surface area contributed by atoms with E-state index in [4.69, 9.17) is 5.73 Å². The Morgan fingerprint density at radius 3 is 2.81 bits per heavy atom. The standard InChI is InChI=1S/C19H25N5O2/c20-17(25)13-24-10-8-21-19(24)16-7-4-9-23(12-16)14-18(26)22-11-15-5-2-1-3-6-15/h1-3,5-6,8,10,16H,4,7,9,11-14H2,(H2,20,25)(H,22,26). The van der Waals surface area contributed by atoms with Crippen molar-refractivity contribution in [1.29, 1.82) is 0 Å². The van der Waals surface area contributed by atoms with Crippen LogP contribution in [0.3, 0.4) is 0 Å². The van der Waals surface area contributed by atoms with Crippen molar-refractivity contribution in [2.24, 2.45) is 5.73 Å². The van der Waals surface area contributed by atoms with Crippen LogP contribution in [-0.4, -0.2) is 45.9 Å². The number of aromatic nitrogens is 2. The molecule has 138 valence electrons. The number of hydrogen-bond donors (Lipinski definition) is 2. The molecule has 1 aromatic carbocycles. The summed E-state index contributed by atoms with van der Waals surface area (Å²) in [6.07, 6.45) is 5.48. The number of hydrogen-bond acceptors (Lipinski definition) is 4. The molecule has 3 rings (SSSR count). The third-order valence-corrected chi connectivity index (χ3v) is 4.64. The molecule has 1 atom stereocenters. The predicted molar refractivity (Wildman–Crippen MR) is 98.1 cm³/mol. The van der Waals surface area contributed by atoms with Gasteiger partial charge in [-0.15, -0.1) is 0 Å². The van der Waals surface area contributed by atoms with E-state index in [0.717, 1.165) is 37.3 Å². The number of nitrogens with one attached hydrogen (secondary N) is 1. The quantitative estimate of drug-likeness (QED) is 0.770. The fraction of sp³-hybridized carbons (Fsp3) is 0.421. The van der Waals surface area contributed by atoms with E-state index in [0.29, 0.717) is 13.1 Å². The average Bonchev–Trinajstić information content (AvgIpc) is 3.08. The summed E-state index contributed by atoms with van der Waals surface area (Å²) in [7, 11) is 0. The van der Waals surface area contributed by atoms with Gasteiger partial charge in [0.2, 0.25) is 11.8 Å². The largest absolute Gasteiger partial charge is 0.368 e. The van der Waals surface area contributed by atoms with Crippen LogP contribution in [0.4, 0.5) is 0 Å². The van der Waals surface area contributed by atoms with Crippen molar-refractivity contribution < 1.29 is 9.59 Å². The average molecular weight is 355 g/mol. The maximum Gasteiger partial charge on any atom is 0.237 e. The summed E-state index contributed by atoms with van der Waals surface area (Å²) in [6, 6.07) is 9.88. The maximum absolute atomic E-state index is 12.3. The Morgan fingerprint density at radius 1 is 1.23 bits per heavy atom. The number of amides is 2. The van der Waals surface area contributed by atoms with Gasteiger partial charge in [-0.25, -0.2) is 4.98 Å². The van der Waals surface area contributed by atoms with Crippen LogP contribution in [0.15, 0.2) is 42.7 Å². The van der Waals surface area contributed by atoms with E-state index in [-0.39, 0.29) is 24.3 Å². The van der Waals surface area contributed by atoms with Crippen LogP contribution in [-0.2, 0) is 22.7 Å². The second-order valence-corrected chi connectivity index (χ2v) is 6.72. The Morgan fingerprint density at radius 2 is 2.04 bits per heavy atom. The minimum atomic E-state index is -0.378. The van der Waals surface area contributed by atoms with Gasteiger partial charge in [0.05, 0.1) is 6.54 Å². The SMILES string of the molecule is NC(=O)Cn1ccnc1C1CCCN(CC(=O)NCc2ccccc2)C1. The van der Waals surface area contributed by atoms with E-state index >= 15 is 0 Å². The highest BCUT2D eigenvalue weighted by Gasteiger charge is 2.26. The molecule has 0 aliphatic carbocycles. The Kier molecular flexibility index (Phi) is 6.01. The van der Waals surface area contributed by atoms with E-state index in [9.17, 15) is 9.59 Å². The molecule has 1 aromatic heterocycles. The van der Waals surface area contributed by atoms with Crippen LogP contribution < -0.4 is 11.1 Å². The van der Waals surface area contributed by atoms with Gasteiger partial charge >= 0.3 is 0 Å². The summed E-state index contributed by atoms with van der Waals surface area (Å²) in [4.78, 5) is 30.0. The highest BCUT2D eigenvalue weighted by molar-refractivity contribution is 5.78. The molecule has 2 aromatic rings. The van der Waals surface area contributed by atoms with Gasteiger partial charge in [0.25, 0.3) is 0 Å². The highest BCUT2D eigenvalue weighted by atomic mass is 16.2. The number of nitrogens with two attached hydrogens (primary N) is 1. The Labute approximate surface area is 153 Å². The molecule has 1 fully saturated rings. The smallest absolute Gasteiger partial charge is 0.237 e. The van der Waals surface area contributed by atoms with Gasteiger partial charge in [-0.3, -0.25) is 14.5 Å². The number of piperidine rings is 1. The van der Waals surface area contributed by atoms with E-state index < -0.39 is 0 Å². The lowest BCUT2D eigenvalue weighted by Gasteiger charge is -2.32. The minimum absolute atomic E-state index is 0.0231. The number of nitrogens with zero attached hydrogens (tertiary/aromatic N) is 3. The third kappa shape index (κ3) is 4.92. The topological polar surface area (TPSA) is 93.2 Å². The van der Waals surface area contributed by atoms with Crippen LogP contribution in [0.25, 0.3) is 0 Å². The second kappa shape index (κ2) is 8.62. The van der Waals surface area contributed by atoms with Gasteiger partial charge in [-0.2, -0.15) is 0 Å². The number of carbonyl (C=O) groups is 2. The summed E-state index contributed by atoms with van der Waals surface area (Å²) in [6.45, 7) is 2.71. The molecule has 26 heavy (non-hydrogen) atoms. The van der Waals surface area contributed by atoms with Crippen molar-refractivity contribution in [3.8, 4) is 0 Å². The molecule has 1 saturated heterocycles. The summed E-state index contributed by atoms with van der Waals surface area (Å²) >= 11 is 0. The Bertz CT molecular complexity index is 743. The van der Waals surface area contributed by atoms with Crippen LogP contribution in [0.2, 0.25) is 0 Å². The van der Waals surface area contributed by atoms with Gasteiger partial charge in [0.1, 0.15) is 12.4 Å². The summed E-state index contributed by atoms with van der Waals surface area (Å²) in [5, 5.41) is 2.97. The van der Waals surface area contributed by atoms with Gasteiger partial charge < -0.3 is 15.6 Å². The van der Waals surface area contributed by atoms with Crippen molar-refractivity contribution in [3.63, 3.8) is 0 Å². The van der Waals surface area contributed by atoms with Crippen molar-refractivity contribution in [1.82, 2.24) is 19.8 Å². The molecule has 7 heteroatoms. The zero-order chi connectivity index (χ0) is 18.4. The zero-order valence-electron chi connectivity index (χ0n) is 14.8. The first kappa shape index (κ1) is 18.1. The summed E-state index contributed by atoms with van der Waals surface area (Å²) < 4.78 is 1.81. The Balaban J connectivity index is 1.53. The first-order valence-corrected chi connectivity index (χ1v) is 8.94. The molecule has 3 N–H and O–H groups in total. The van der Waals surface area contributed by atoms with Crippen molar-refractivity contribution in [2.45, 2.75) is 31.8 Å². The van der Waals surface area contributed by atoms with Crippen LogP contribution >= 0.6 is 0 Å². The van der Waals surface area contributed by atoms with E-state index in [1.807, 2.05) is 34.9 Å². The lowest BCUT2D eigenvalue weighted by molar-refractivity contribution is -0.122. The monoisotopic (exact) mass is 355 g/mol.